The molecule has 136 valence electrons. The van der Waals surface area contributed by atoms with E-state index in [0.717, 1.165) is 32.1 Å². The zero-order valence-corrected chi connectivity index (χ0v) is 14.5. The maximum absolute atomic E-state index is 15.3. The van der Waals surface area contributed by atoms with E-state index >= 15 is 4.39 Å². The SMILES string of the molecule is COC(OC)c1cccc(N2C(N)=NC(N)=NC23CCCCC3)c1F. The van der Waals surface area contributed by atoms with Crippen LogP contribution in [0.15, 0.2) is 28.2 Å². The summed E-state index contributed by atoms with van der Waals surface area (Å²) in [5, 5.41) is 0. The van der Waals surface area contributed by atoms with Gasteiger partial charge in [0.2, 0.25) is 11.9 Å². The van der Waals surface area contributed by atoms with Gasteiger partial charge in [-0.05, 0) is 31.7 Å². The number of hydrogen-bond donors (Lipinski definition) is 2. The normalized spacial score (nSPS) is 19.9. The summed E-state index contributed by atoms with van der Waals surface area (Å²) in [5.74, 6) is -0.175. The molecule has 25 heavy (non-hydrogen) atoms. The molecular weight excluding hydrogens is 325 g/mol. The number of rotatable bonds is 4. The van der Waals surface area contributed by atoms with Crippen LogP contribution in [0.5, 0.6) is 0 Å². The molecule has 0 bridgehead atoms. The van der Waals surface area contributed by atoms with Crippen molar-refractivity contribution >= 4 is 17.6 Å². The molecule has 0 atom stereocenters. The summed E-state index contributed by atoms with van der Waals surface area (Å²) in [4.78, 5) is 10.3. The third-order valence-corrected chi connectivity index (χ3v) is 4.78. The Morgan fingerprint density at radius 2 is 1.84 bits per heavy atom. The van der Waals surface area contributed by atoms with Gasteiger partial charge in [0.1, 0.15) is 5.66 Å². The molecule has 1 fully saturated rings. The first-order chi connectivity index (χ1) is 12.0. The van der Waals surface area contributed by atoms with E-state index in [4.69, 9.17) is 20.9 Å². The molecule has 1 aliphatic carbocycles. The van der Waals surface area contributed by atoms with Crippen LogP contribution in [0.2, 0.25) is 0 Å². The molecule has 3 rings (SSSR count). The number of anilines is 1. The second-order valence-corrected chi connectivity index (χ2v) is 6.30. The molecule has 7 nitrogen and oxygen atoms in total. The van der Waals surface area contributed by atoms with Gasteiger partial charge in [-0.3, -0.25) is 4.90 Å². The molecule has 1 spiro atoms. The van der Waals surface area contributed by atoms with E-state index in [1.165, 1.54) is 14.2 Å². The van der Waals surface area contributed by atoms with Crippen molar-refractivity contribution in [1.82, 2.24) is 0 Å². The zero-order chi connectivity index (χ0) is 18.0. The molecule has 1 aliphatic heterocycles. The van der Waals surface area contributed by atoms with Gasteiger partial charge in [-0.2, -0.15) is 4.99 Å². The van der Waals surface area contributed by atoms with Crippen LogP contribution >= 0.6 is 0 Å². The van der Waals surface area contributed by atoms with Gasteiger partial charge in [0, 0.05) is 19.8 Å². The van der Waals surface area contributed by atoms with Crippen LogP contribution in [-0.2, 0) is 9.47 Å². The molecule has 0 amide bonds. The van der Waals surface area contributed by atoms with Gasteiger partial charge < -0.3 is 20.9 Å². The quantitative estimate of drug-likeness (QED) is 0.812. The Bertz CT molecular complexity index is 696. The van der Waals surface area contributed by atoms with Gasteiger partial charge in [-0.25, -0.2) is 9.38 Å². The van der Waals surface area contributed by atoms with Gasteiger partial charge in [0.15, 0.2) is 12.1 Å². The molecular formula is C17H24FN5O2. The first-order valence-corrected chi connectivity index (χ1v) is 8.36. The van der Waals surface area contributed by atoms with Gasteiger partial charge in [0.05, 0.1) is 5.69 Å². The molecule has 0 radical (unpaired) electrons. The predicted octanol–water partition coefficient (Wildman–Crippen LogP) is 2.23. The summed E-state index contributed by atoms with van der Waals surface area (Å²) in [6, 6.07) is 5.03. The standard InChI is InChI=1S/C17H24FN5O2/c1-24-14(25-2)11-7-6-8-12(13(11)18)23-16(20)21-15(19)22-17(23)9-4-3-5-10-17/h6-8,14H,3-5,9-10H2,1-2H3,(H4,19,20,21,22). The molecule has 0 saturated heterocycles. The number of ether oxygens (including phenoxy) is 2. The highest BCUT2D eigenvalue weighted by Gasteiger charge is 2.43. The smallest absolute Gasteiger partial charge is 0.220 e. The lowest BCUT2D eigenvalue weighted by Crippen LogP contribution is -2.58. The molecule has 1 saturated carbocycles. The van der Waals surface area contributed by atoms with Crippen molar-refractivity contribution in [3.8, 4) is 0 Å². The first-order valence-electron chi connectivity index (χ1n) is 8.36. The van der Waals surface area contributed by atoms with Crippen molar-refractivity contribution in [3.63, 3.8) is 0 Å². The Labute approximate surface area is 146 Å². The van der Waals surface area contributed by atoms with Gasteiger partial charge in [-0.1, -0.05) is 18.6 Å². The fourth-order valence-electron chi connectivity index (χ4n) is 3.71. The average Bonchev–Trinajstić information content (AvgIpc) is 2.58. The lowest BCUT2D eigenvalue weighted by Gasteiger charge is -2.45. The van der Waals surface area contributed by atoms with Crippen molar-refractivity contribution in [1.29, 1.82) is 0 Å². The van der Waals surface area contributed by atoms with Gasteiger partial charge in [0.25, 0.3) is 0 Å². The molecule has 1 heterocycles. The van der Waals surface area contributed by atoms with Crippen molar-refractivity contribution in [2.45, 2.75) is 44.1 Å². The average molecular weight is 349 g/mol. The molecule has 0 aromatic heterocycles. The first kappa shape index (κ1) is 17.6. The van der Waals surface area contributed by atoms with Gasteiger partial charge >= 0.3 is 0 Å². The van der Waals surface area contributed by atoms with Crippen LogP contribution in [0.1, 0.15) is 44.0 Å². The van der Waals surface area contributed by atoms with Crippen molar-refractivity contribution in [3.05, 3.63) is 29.6 Å². The van der Waals surface area contributed by atoms with Crippen LogP contribution in [0.4, 0.5) is 10.1 Å². The minimum absolute atomic E-state index is 0.138. The zero-order valence-electron chi connectivity index (χ0n) is 14.5. The van der Waals surface area contributed by atoms with E-state index in [-0.39, 0.29) is 11.9 Å². The molecule has 8 heteroatoms. The number of methoxy groups -OCH3 is 2. The summed E-state index contributed by atoms with van der Waals surface area (Å²) < 4.78 is 25.7. The largest absolute Gasteiger partial charge is 0.369 e. The van der Waals surface area contributed by atoms with E-state index in [1.54, 1.807) is 23.1 Å². The minimum Gasteiger partial charge on any atom is -0.369 e. The second-order valence-electron chi connectivity index (χ2n) is 6.30. The molecule has 1 aromatic carbocycles. The summed E-state index contributed by atoms with van der Waals surface area (Å²) in [7, 11) is 2.93. The summed E-state index contributed by atoms with van der Waals surface area (Å²) in [6.45, 7) is 0. The molecule has 4 N–H and O–H groups in total. The van der Waals surface area contributed by atoms with E-state index in [9.17, 15) is 0 Å². The lowest BCUT2D eigenvalue weighted by atomic mass is 9.87. The third-order valence-electron chi connectivity index (χ3n) is 4.78. The fourth-order valence-corrected chi connectivity index (χ4v) is 3.71. The number of guanidine groups is 2. The Morgan fingerprint density at radius 1 is 1.16 bits per heavy atom. The molecule has 2 aliphatic rings. The number of benzene rings is 1. The maximum Gasteiger partial charge on any atom is 0.220 e. The minimum atomic E-state index is -0.807. The number of nitrogens with two attached hydrogens (primary N) is 2. The second kappa shape index (κ2) is 6.97. The van der Waals surface area contributed by atoms with Crippen LogP contribution in [-0.4, -0.2) is 31.8 Å². The highest BCUT2D eigenvalue weighted by molar-refractivity contribution is 6.05. The maximum atomic E-state index is 15.3. The molecule has 1 aromatic rings. The highest BCUT2D eigenvalue weighted by Crippen LogP contribution is 2.41. The van der Waals surface area contributed by atoms with Gasteiger partial charge in [-0.15, -0.1) is 0 Å². The number of nitrogens with zero attached hydrogens (tertiary/aromatic N) is 3. The van der Waals surface area contributed by atoms with Crippen molar-refractivity contribution < 1.29 is 13.9 Å². The van der Waals surface area contributed by atoms with E-state index in [2.05, 4.69) is 9.98 Å². The summed E-state index contributed by atoms with van der Waals surface area (Å²) in [6.07, 6.45) is 3.73. The monoisotopic (exact) mass is 349 g/mol. The van der Waals surface area contributed by atoms with Crippen molar-refractivity contribution in [2.75, 3.05) is 19.1 Å². The Balaban J connectivity index is 2.10. The number of hydrogen-bond acceptors (Lipinski definition) is 7. The van der Waals surface area contributed by atoms with Crippen LogP contribution in [0, 0.1) is 5.82 Å². The predicted molar refractivity (Wildman–Crippen MR) is 94.7 cm³/mol. The fraction of sp³-hybridized carbons (Fsp3) is 0.529. The van der Waals surface area contributed by atoms with Crippen LogP contribution in [0.3, 0.4) is 0 Å². The van der Waals surface area contributed by atoms with E-state index in [1.807, 2.05) is 0 Å². The summed E-state index contributed by atoms with van der Waals surface area (Å²) >= 11 is 0. The molecule has 0 unspecified atom stereocenters. The summed E-state index contributed by atoms with van der Waals surface area (Å²) in [5.41, 5.74) is 11.9. The van der Waals surface area contributed by atoms with Crippen LogP contribution in [0.25, 0.3) is 0 Å². The number of halogens is 1. The Morgan fingerprint density at radius 3 is 2.48 bits per heavy atom. The highest BCUT2D eigenvalue weighted by atomic mass is 19.1. The van der Waals surface area contributed by atoms with Crippen molar-refractivity contribution in [2.24, 2.45) is 21.5 Å². The third kappa shape index (κ3) is 3.07. The van der Waals surface area contributed by atoms with E-state index in [0.29, 0.717) is 11.3 Å². The number of aliphatic imine (C=N–C) groups is 2. The Kier molecular flexibility index (Phi) is 4.91. The lowest BCUT2D eigenvalue weighted by molar-refractivity contribution is -0.107. The van der Waals surface area contributed by atoms with Crippen LogP contribution < -0.4 is 16.4 Å². The van der Waals surface area contributed by atoms with E-state index < -0.39 is 17.8 Å². The Hall–Kier alpha value is -2.19. The topological polar surface area (TPSA) is 98.5 Å².